The largest absolute Gasteiger partial charge is 0.439 e. The molecule has 0 spiro atoms. The summed E-state index contributed by atoms with van der Waals surface area (Å²) in [6.07, 6.45) is 1.58. The molecule has 2 rings (SSSR count). The van der Waals surface area contributed by atoms with Gasteiger partial charge in [0, 0.05) is 18.3 Å². The molecule has 0 saturated carbocycles. The first-order valence-electron chi connectivity index (χ1n) is 4.00. The molecular weight excluding hydrogens is 162 g/mol. The van der Waals surface area contributed by atoms with Gasteiger partial charge in [-0.15, -0.1) is 0 Å². The Labute approximate surface area is 76.8 Å². The minimum Gasteiger partial charge on any atom is -0.439 e. The molecule has 1 radical (unpaired) electrons. The van der Waals surface area contributed by atoms with Crippen molar-refractivity contribution in [2.45, 2.75) is 0 Å². The number of aromatic nitrogens is 1. The van der Waals surface area contributed by atoms with Gasteiger partial charge in [0.25, 0.3) is 0 Å². The van der Waals surface area contributed by atoms with Crippen LogP contribution in [0.5, 0.6) is 11.6 Å². The number of hydrogen-bond donors (Lipinski definition) is 0. The van der Waals surface area contributed by atoms with Gasteiger partial charge in [0.1, 0.15) is 5.75 Å². The molecule has 1 aromatic carbocycles. The second-order valence-corrected chi connectivity index (χ2v) is 2.51. The van der Waals surface area contributed by atoms with Crippen LogP contribution in [-0.2, 0) is 0 Å². The van der Waals surface area contributed by atoms with Gasteiger partial charge >= 0.3 is 0 Å². The predicted octanol–water partition coefficient (Wildman–Crippen LogP) is 2.67. The third-order valence-corrected chi connectivity index (χ3v) is 1.55. The average molecular weight is 170 g/mol. The molecule has 2 nitrogen and oxygen atoms in total. The number of hydrogen-bond acceptors (Lipinski definition) is 2. The minimum atomic E-state index is 0.588. The fourth-order valence-electron chi connectivity index (χ4n) is 0.976. The van der Waals surface area contributed by atoms with Gasteiger partial charge in [-0.25, -0.2) is 4.98 Å². The third-order valence-electron chi connectivity index (χ3n) is 1.55. The Balaban J connectivity index is 2.16. The van der Waals surface area contributed by atoms with Crippen molar-refractivity contribution in [1.82, 2.24) is 4.98 Å². The topological polar surface area (TPSA) is 22.1 Å². The molecule has 13 heavy (non-hydrogen) atoms. The van der Waals surface area contributed by atoms with E-state index in [1.165, 1.54) is 0 Å². The normalized spacial score (nSPS) is 9.54. The van der Waals surface area contributed by atoms with Gasteiger partial charge < -0.3 is 4.74 Å². The Bertz CT molecular complexity index is 321. The van der Waals surface area contributed by atoms with Crippen LogP contribution in [0.2, 0.25) is 0 Å². The zero-order valence-electron chi connectivity index (χ0n) is 6.97. The van der Waals surface area contributed by atoms with E-state index in [1.807, 2.05) is 30.3 Å². The molecule has 0 N–H and O–H groups in total. The van der Waals surface area contributed by atoms with Crippen LogP contribution in [0.1, 0.15) is 0 Å². The van der Waals surface area contributed by atoms with Crippen molar-refractivity contribution >= 4 is 0 Å². The Morgan fingerprint density at radius 3 is 2.62 bits per heavy atom. The van der Waals surface area contributed by atoms with Crippen molar-refractivity contribution in [3.63, 3.8) is 0 Å². The molecule has 1 aromatic heterocycles. The summed E-state index contributed by atoms with van der Waals surface area (Å²) in [5.74, 6) is 1.38. The second-order valence-electron chi connectivity index (χ2n) is 2.51. The molecule has 0 bridgehead atoms. The van der Waals surface area contributed by atoms with Crippen LogP contribution in [0.3, 0.4) is 0 Å². The quantitative estimate of drug-likeness (QED) is 0.691. The summed E-state index contributed by atoms with van der Waals surface area (Å²) in [5, 5.41) is 0. The van der Waals surface area contributed by atoms with Crippen molar-refractivity contribution in [2.75, 3.05) is 0 Å². The van der Waals surface area contributed by atoms with Gasteiger partial charge in [-0.1, -0.05) is 18.2 Å². The SMILES string of the molecule is [c]1ccc(Oc2ccccc2)nc1. The zero-order valence-corrected chi connectivity index (χ0v) is 6.97. The number of rotatable bonds is 2. The van der Waals surface area contributed by atoms with Crippen LogP contribution in [0.4, 0.5) is 0 Å². The number of benzene rings is 1. The van der Waals surface area contributed by atoms with E-state index in [-0.39, 0.29) is 0 Å². The van der Waals surface area contributed by atoms with Gasteiger partial charge in [0.2, 0.25) is 5.88 Å². The van der Waals surface area contributed by atoms with Crippen molar-refractivity contribution in [1.29, 1.82) is 0 Å². The number of nitrogens with zero attached hydrogens (tertiary/aromatic N) is 1. The summed E-state index contributed by atoms with van der Waals surface area (Å²) in [6.45, 7) is 0. The average Bonchev–Trinajstić information content (AvgIpc) is 2.21. The third kappa shape index (κ3) is 2.06. The van der Waals surface area contributed by atoms with Crippen LogP contribution in [0.25, 0.3) is 0 Å². The molecule has 63 valence electrons. The lowest BCUT2D eigenvalue weighted by molar-refractivity contribution is 0.463. The lowest BCUT2D eigenvalue weighted by atomic mass is 10.3. The van der Waals surface area contributed by atoms with E-state index in [4.69, 9.17) is 4.74 Å². The summed E-state index contributed by atoms with van der Waals surface area (Å²) in [5.41, 5.74) is 0. The summed E-state index contributed by atoms with van der Waals surface area (Å²) in [7, 11) is 0. The summed E-state index contributed by atoms with van der Waals surface area (Å²) < 4.78 is 5.45. The maximum Gasteiger partial charge on any atom is 0.219 e. The van der Waals surface area contributed by atoms with Crippen molar-refractivity contribution in [3.8, 4) is 11.6 Å². The Morgan fingerprint density at radius 2 is 1.92 bits per heavy atom. The fraction of sp³-hybridized carbons (Fsp3) is 0. The Hall–Kier alpha value is -1.83. The van der Waals surface area contributed by atoms with E-state index in [1.54, 1.807) is 18.3 Å². The Morgan fingerprint density at radius 1 is 1.08 bits per heavy atom. The second kappa shape index (κ2) is 3.72. The maximum atomic E-state index is 5.45. The van der Waals surface area contributed by atoms with Gasteiger partial charge in [-0.2, -0.15) is 0 Å². The molecule has 2 heteroatoms. The first kappa shape index (κ1) is 7.80. The van der Waals surface area contributed by atoms with Gasteiger partial charge in [0.15, 0.2) is 0 Å². The highest BCUT2D eigenvalue weighted by molar-refractivity contribution is 5.25. The van der Waals surface area contributed by atoms with Crippen LogP contribution < -0.4 is 4.74 Å². The summed E-state index contributed by atoms with van der Waals surface area (Å²) >= 11 is 0. The van der Waals surface area contributed by atoms with Crippen LogP contribution in [-0.4, -0.2) is 4.98 Å². The van der Waals surface area contributed by atoms with Crippen LogP contribution in [0, 0.1) is 6.07 Å². The lowest BCUT2D eigenvalue weighted by Crippen LogP contribution is -1.85. The van der Waals surface area contributed by atoms with E-state index in [2.05, 4.69) is 11.1 Å². The molecule has 2 aromatic rings. The molecule has 0 aliphatic heterocycles. The standard InChI is InChI=1S/C11H8NO/c1-2-6-10(7-3-1)13-11-8-4-5-9-12-11/h1-4,6-9H. The molecular formula is C11H8NO. The number of para-hydroxylation sites is 1. The van der Waals surface area contributed by atoms with Crippen LogP contribution in [0.15, 0.2) is 48.7 Å². The molecule has 0 saturated heterocycles. The Kier molecular flexibility index (Phi) is 2.23. The maximum absolute atomic E-state index is 5.45. The first-order valence-corrected chi connectivity index (χ1v) is 4.00. The molecule has 0 fully saturated rings. The van der Waals surface area contributed by atoms with Gasteiger partial charge in [-0.3, -0.25) is 0 Å². The monoisotopic (exact) mass is 170 g/mol. The molecule has 1 heterocycles. The minimum absolute atomic E-state index is 0.588. The predicted molar refractivity (Wildman–Crippen MR) is 49.6 cm³/mol. The highest BCUT2D eigenvalue weighted by atomic mass is 16.5. The number of ether oxygens (including phenoxy) is 1. The van der Waals surface area contributed by atoms with E-state index >= 15 is 0 Å². The number of pyridine rings is 1. The fourth-order valence-corrected chi connectivity index (χ4v) is 0.976. The molecule has 0 aliphatic rings. The summed E-state index contributed by atoms with van der Waals surface area (Å²) in [4.78, 5) is 4.00. The lowest BCUT2D eigenvalue weighted by Gasteiger charge is -2.02. The first-order chi connectivity index (χ1) is 6.45. The van der Waals surface area contributed by atoms with Crippen molar-refractivity contribution in [3.05, 3.63) is 54.7 Å². The van der Waals surface area contributed by atoms with Crippen molar-refractivity contribution < 1.29 is 4.74 Å². The van der Waals surface area contributed by atoms with E-state index in [0.717, 1.165) is 5.75 Å². The van der Waals surface area contributed by atoms with E-state index < -0.39 is 0 Å². The summed E-state index contributed by atoms with van der Waals surface area (Å²) in [6, 6.07) is 15.9. The smallest absolute Gasteiger partial charge is 0.219 e. The van der Waals surface area contributed by atoms with Gasteiger partial charge in [-0.05, 0) is 18.2 Å². The van der Waals surface area contributed by atoms with E-state index in [0.29, 0.717) is 5.88 Å². The van der Waals surface area contributed by atoms with Gasteiger partial charge in [0.05, 0.1) is 0 Å². The van der Waals surface area contributed by atoms with Crippen molar-refractivity contribution in [2.24, 2.45) is 0 Å². The van der Waals surface area contributed by atoms with Crippen LogP contribution >= 0.6 is 0 Å². The highest BCUT2D eigenvalue weighted by Crippen LogP contribution is 2.16. The zero-order chi connectivity index (χ0) is 8.93. The molecule has 0 aliphatic carbocycles. The molecule has 0 atom stereocenters. The highest BCUT2D eigenvalue weighted by Gasteiger charge is 1.94. The van der Waals surface area contributed by atoms with E-state index in [9.17, 15) is 0 Å². The molecule has 0 amide bonds. The molecule has 0 unspecified atom stereocenters.